The van der Waals surface area contributed by atoms with Crippen molar-refractivity contribution >= 4 is 20.1 Å². The lowest BCUT2D eigenvalue weighted by Gasteiger charge is -2.36. The third kappa shape index (κ3) is 14.5. The van der Waals surface area contributed by atoms with Gasteiger partial charge in [-0.3, -0.25) is 9.59 Å². The number of nitrogens with zero attached hydrogens (tertiary/aromatic N) is 2. The number of hydrogen-bond acceptors (Lipinski definition) is 8. The summed E-state index contributed by atoms with van der Waals surface area (Å²) in [6.45, 7) is 18.3. The first-order valence-corrected chi connectivity index (χ1v) is 25.8. The van der Waals surface area contributed by atoms with Gasteiger partial charge in [0.2, 0.25) is 0 Å². The van der Waals surface area contributed by atoms with E-state index in [1.54, 1.807) is 30.3 Å². The minimum Gasteiger partial charge on any atom is -0.491 e. The number of hydrogen-bond donors (Lipinski definition) is 3. The lowest BCUT2D eigenvalue weighted by atomic mass is 9.88. The van der Waals surface area contributed by atoms with Crippen molar-refractivity contribution in [3.05, 3.63) is 130 Å². The number of carbonyl (C=O) groups excluding carboxylic acids is 2. The van der Waals surface area contributed by atoms with Gasteiger partial charge in [-0.05, 0) is 127 Å². The number of amides is 2. The molecule has 2 aliphatic heterocycles. The van der Waals surface area contributed by atoms with Gasteiger partial charge in [-0.2, -0.15) is 0 Å². The number of likely N-dealkylation sites (tertiary alicyclic amines) is 2. The maximum Gasteiger partial charge on any atom is 0.253 e. The zero-order valence-corrected chi connectivity index (χ0v) is 39.7. The Kier molecular flexibility index (Phi) is 18.4. The predicted molar refractivity (Wildman–Crippen MR) is 254 cm³/mol. The van der Waals surface area contributed by atoms with Gasteiger partial charge >= 0.3 is 0 Å². The van der Waals surface area contributed by atoms with Gasteiger partial charge < -0.3 is 39.0 Å². The molecule has 342 valence electrons. The molecule has 0 aromatic heterocycles. The number of carbonyl (C=O) groups is 2. The smallest absolute Gasteiger partial charge is 0.253 e. The molecule has 0 bridgehead atoms. The van der Waals surface area contributed by atoms with E-state index in [1.165, 1.54) is 22.3 Å². The molecule has 0 aliphatic carbocycles. The number of benzene rings is 4. The molecule has 0 spiro atoms. The number of aliphatic hydroxyl groups excluding tert-OH is 3. The summed E-state index contributed by atoms with van der Waals surface area (Å²) >= 11 is 0. The summed E-state index contributed by atoms with van der Waals surface area (Å²) in [5.74, 6) is 2.17. The number of aliphatic hydroxyl groups is 3. The number of aryl methyl sites for hydroxylation is 2. The Balaban J connectivity index is 0.000000243. The number of ether oxygens (including phenoxy) is 2. The summed E-state index contributed by atoms with van der Waals surface area (Å²) in [5.41, 5.74) is 6.71. The van der Waals surface area contributed by atoms with Crippen LogP contribution in [0.5, 0.6) is 11.5 Å². The fraction of sp³-hybridized carbons (Fsp3) is 0.500. The highest BCUT2D eigenvalue weighted by Crippen LogP contribution is 2.37. The van der Waals surface area contributed by atoms with E-state index in [9.17, 15) is 19.8 Å². The fourth-order valence-electron chi connectivity index (χ4n) is 7.78. The van der Waals surface area contributed by atoms with Crippen molar-refractivity contribution in [2.75, 3.05) is 52.6 Å². The lowest BCUT2D eigenvalue weighted by Crippen LogP contribution is -2.43. The van der Waals surface area contributed by atoms with E-state index in [0.29, 0.717) is 34.5 Å². The Morgan fingerprint density at radius 2 is 1.05 bits per heavy atom. The van der Waals surface area contributed by atoms with Gasteiger partial charge in [0, 0.05) is 37.3 Å². The van der Waals surface area contributed by atoms with Crippen LogP contribution in [0, 0.1) is 0 Å². The first-order valence-electron chi connectivity index (χ1n) is 22.9. The Hall–Kier alpha value is -4.52. The molecule has 0 radical (unpaired) electrons. The molecule has 10 nitrogen and oxygen atoms in total. The fourth-order valence-corrected chi connectivity index (χ4v) is 8.82. The molecular formula is C52H72N2O8Si. The predicted octanol–water partition coefficient (Wildman–Crippen LogP) is 9.03. The molecule has 63 heavy (non-hydrogen) atoms. The van der Waals surface area contributed by atoms with Crippen LogP contribution in [0.1, 0.15) is 115 Å². The molecule has 4 aromatic rings. The van der Waals surface area contributed by atoms with Crippen LogP contribution in [0.4, 0.5) is 0 Å². The molecule has 2 fully saturated rings. The second-order valence-corrected chi connectivity index (χ2v) is 23.4. The Morgan fingerprint density at radius 1 is 0.635 bits per heavy atom. The molecule has 3 N–H and O–H groups in total. The van der Waals surface area contributed by atoms with Crippen molar-refractivity contribution in [2.24, 2.45) is 0 Å². The van der Waals surface area contributed by atoms with E-state index >= 15 is 0 Å². The molecule has 11 heteroatoms. The minimum atomic E-state index is -1.92. The van der Waals surface area contributed by atoms with Gasteiger partial charge in [-0.25, -0.2) is 0 Å². The Morgan fingerprint density at radius 3 is 1.44 bits per heavy atom. The van der Waals surface area contributed by atoms with Crippen molar-refractivity contribution in [3.63, 3.8) is 0 Å². The molecule has 2 saturated heterocycles. The monoisotopic (exact) mass is 881 g/mol. The van der Waals surface area contributed by atoms with Crippen LogP contribution in [0.15, 0.2) is 97.1 Å². The maximum atomic E-state index is 13.1. The van der Waals surface area contributed by atoms with Gasteiger partial charge in [0.25, 0.3) is 11.8 Å². The zero-order chi connectivity index (χ0) is 45.6. The highest BCUT2D eigenvalue weighted by Gasteiger charge is 2.37. The number of rotatable bonds is 16. The molecule has 2 unspecified atom stereocenters. The molecule has 2 amide bonds. The van der Waals surface area contributed by atoms with E-state index in [4.69, 9.17) is 19.0 Å². The molecule has 2 atom stereocenters. The van der Waals surface area contributed by atoms with Crippen LogP contribution in [0.3, 0.4) is 0 Å². The van der Waals surface area contributed by atoms with Gasteiger partial charge in [0.1, 0.15) is 36.9 Å². The molecule has 6 rings (SSSR count). The van der Waals surface area contributed by atoms with E-state index in [2.05, 4.69) is 96.2 Å². The summed E-state index contributed by atoms with van der Waals surface area (Å²) < 4.78 is 17.3. The average molecular weight is 881 g/mol. The Bertz CT molecular complexity index is 2050. The first kappa shape index (κ1) is 49.5. The summed E-state index contributed by atoms with van der Waals surface area (Å²) in [4.78, 5) is 29.9. The molecule has 0 saturated carbocycles. The van der Waals surface area contributed by atoms with Crippen molar-refractivity contribution in [1.29, 1.82) is 0 Å². The molecule has 2 heterocycles. The summed E-state index contributed by atoms with van der Waals surface area (Å²) in [6, 6.07) is 31.9. The maximum absolute atomic E-state index is 13.1. The highest BCUT2D eigenvalue weighted by molar-refractivity contribution is 6.74. The van der Waals surface area contributed by atoms with Crippen molar-refractivity contribution in [2.45, 2.75) is 115 Å². The average Bonchev–Trinajstić information content (AvgIpc) is 3.31. The van der Waals surface area contributed by atoms with Gasteiger partial charge in [0.15, 0.2) is 8.32 Å². The van der Waals surface area contributed by atoms with Gasteiger partial charge in [-0.15, -0.1) is 0 Å². The summed E-state index contributed by atoms with van der Waals surface area (Å²) in [7, 11) is -1.92. The van der Waals surface area contributed by atoms with Gasteiger partial charge in [0.05, 0.1) is 13.2 Å². The number of piperidine rings is 2. The van der Waals surface area contributed by atoms with Crippen LogP contribution in [-0.4, -0.2) is 110 Å². The van der Waals surface area contributed by atoms with E-state index in [1.807, 2.05) is 28.0 Å². The van der Waals surface area contributed by atoms with Crippen molar-refractivity contribution in [3.8, 4) is 11.5 Å². The van der Waals surface area contributed by atoms with E-state index in [0.717, 1.165) is 64.7 Å². The molecular weight excluding hydrogens is 809 g/mol. The highest BCUT2D eigenvalue weighted by atomic mass is 28.4. The van der Waals surface area contributed by atoms with Crippen LogP contribution in [0.25, 0.3) is 0 Å². The standard InChI is InChI=1S/C29H43NO4Si.C23H29NO4/c1-7-22-10-8-11-24(18-22)23-14-16-30(17-15-23)28(32)25-12-9-13-27(19-25)33-20-26(31)21-34-35(5,6)29(2,3)4;1-2-17-5-3-6-19(13-17)18-9-11-24(12-10-18)23(27)20-7-4-8-22(14-20)28-16-21(26)15-25/h8-13,18-19,23,26,31H,7,14-17,20-21H2,1-6H3;3-8,13-14,18,21,25-26H,2,9-12,15-16H2,1H3. The van der Waals surface area contributed by atoms with Crippen LogP contribution in [-0.2, 0) is 17.3 Å². The lowest BCUT2D eigenvalue weighted by molar-refractivity contribution is 0.0535. The topological polar surface area (TPSA) is 129 Å². The van der Waals surface area contributed by atoms with Crippen molar-refractivity contribution in [1.82, 2.24) is 9.80 Å². The van der Waals surface area contributed by atoms with Crippen molar-refractivity contribution < 1.29 is 38.8 Å². The normalized spacial score (nSPS) is 16.2. The molecule has 2 aliphatic rings. The van der Waals surface area contributed by atoms with Gasteiger partial charge in [-0.1, -0.05) is 95.3 Å². The minimum absolute atomic E-state index is 0.00361. The summed E-state index contributed by atoms with van der Waals surface area (Å²) in [6.07, 6.45) is 4.35. The first-order chi connectivity index (χ1) is 30.1. The molecule has 4 aromatic carbocycles. The SMILES string of the molecule is CCc1cccc(C2CCN(C(=O)c3cccc(OCC(O)CO)c3)CC2)c1.CCc1cccc(C2CCN(C(=O)c3cccc(OCC(O)CO[Si](C)(C)C(C)(C)C)c3)CC2)c1. The second-order valence-electron chi connectivity index (χ2n) is 18.6. The Labute approximate surface area is 377 Å². The van der Waals surface area contributed by atoms with E-state index in [-0.39, 0.29) is 43.3 Å². The quantitative estimate of drug-likeness (QED) is 0.0952. The summed E-state index contributed by atoms with van der Waals surface area (Å²) in [5, 5.41) is 28.7. The van der Waals surface area contributed by atoms with Crippen LogP contribution < -0.4 is 9.47 Å². The largest absolute Gasteiger partial charge is 0.491 e. The third-order valence-corrected chi connectivity index (χ3v) is 17.4. The van der Waals surface area contributed by atoms with E-state index < -0.39 is 20.5 Å². The third-order valence-electron chi connectivity index (χ3n) is 12.9. The zero-order valence-electron chi connectivity index (χ0n) is 38.7. The second kappa shape index (κ2) is 23.4. The van der Waals surface area contributed by atoms with Crippen LogP contribution in [0.2, 0.25) is 18.1 Å². The van der Waals surface area contributed by atoms with Crippen LogP contribution >= 0.6 is 0 Å².